The van der Waals surface area contributed by atoms with Crippen LogP contribution in [0.4, 0.5) is 40.7 Å². The van der Waals surface area contributed by atoms with Gasteiger partial charge >= 0.3 is 18.3 Å². The zero-order valence-electron chi connectivity index (χ0n) is 77.0. The summed E-state index contributed by atoms with van der Waals surface area (Å²) in [5.41, 5.74) is -1.70. The van der Waals surface area contributed by atoms with Gasteiger partial charge in [0, 0.05) is 79.8 Å². The predicted octanol–water partition coefficient (Wildman–Crippen LogP) is 14.4. The fraction of sp³-hybridized carbons (Fsp3) is 0.645. The molecule has 3 saturated carbocycles. The molecule has 6 aliphatic heterocycles. The number of amides is 6. The number of hydrogen-bond acceptors (Lipinski definition) is 24. The summed E-state index contributed by atoms with van der Waals surface area (Å²) < 4.78 is 145. The summed E-state index contributed by atoms with van der Waals surface area (Å²) in [6.45, 7) is 23.0. The number of methoxy groups -OCH3 is 3. The molecular formula is C93H117F6N12O18V3-3. The summed E-state index contributed by atoms with van der Waals surface area (Å²) in [5.74, 6) is -2.37. The van der Waals surface area contributed by atoms with Crippen LogP contribution in [0.5, 0.6) is 34.9 Å². The summed E-state index contributed by atoms with van der Waals surface area (Å²) in [5, 5.41) is 8.19. The molecule has 6 amide bonds. The minimum atomic E-state index is -2.13. The molecule has 24 atom stereocenters. The van der Waals surface area contributed by atoms with Crippen LogP contribution in [0.3, 0.4) is 0 Å². The summed E-state index contributed by atoms with van der Waals surface area (Å²) in [6.07, 6.45) is -5.52. The second-order valence-corrected chi connectivity index (χ2v) is 39.1. The minimum Gasteiger partial charge on any atom is -0.540 e. The first kappa shape index (κ1) is 105. The Morgan fingerprint density at radius 3 is 1.04 bits per heavy atom. The maximum absolute atomic E-state index is 15.9. The van der Waals surface area contributed by atoms with Crippen LogP contribution >= 0.6 is 0 Å². The molecule has 6 unspecified atom stereocenters. The van der Waals surface area contributed by atoms with E-state index in [0.717, 1.165) is 12.8 Å². The Labute approximate surface area is 799 Å². The monoisotopic (exact) mass is 1960 g/mol. The van der Waals surface area contributed by atoms with Crippen molar-refractivity contribution in [3.05, 3.63) is 71.7 Å². The van der Waals surface area contributed by atoms with Crippen molar-refractivity contribution in [2.45, 2.75) is 289 Å². The Balaban J connectivity index is 0.000000203. The van der Waals surface area contributed by atoms with Gasteiger partial charge in [-0.15, -0.1) is 0 Å². The molecule has 9 heterocycles. The second kappa shape index (κ2) is 43.4. The molecule has 3 aromatic heterocycles. The van der Waals surface area contributed by atoms with Crippen molar-refractivity contribution in [3.8, 4) is 34.9 Å². The normalized spacial score (nSPS) is 32.0. The van der Waals surface area contributed by atoms with Gasteiger partial charge in [-0.05, 0) is 160 Å². The third kappa shape index (κ3) is 23.6. The average Bonchev–Trinajstić information content (AvgIpc) is 1.71. The molecular weight excluding hydrogens is 1840 g/mol. The maximum atomic E-state index is 15.9. The SMILES string of the molecule is COc1ccc2nc3c(nc2c1)O[C@H]1CN(C(=O)[C@H](C(C)(C)C)NC(=O)O[C@@H]2CCC[C@H]2CCCC(F)C3F)[C@H]([C-]=O)[C@@H]1C.COc1ccc2nc3c(nc2c1)O[C@H]1CN(C(=O)[C@H](C(C)(C)C)NC(=O)O[C@@H]2C[C@H]2CCCC(F)C3F)[C@H]([C-]=O)[C@@H]1C.COc1ccc2nc3c(nc2c1)O[C@H]1CN(C(=O)[C@H](C(C)(C)C)NC(=O)O[C@]2(C)C[C@H]2CCCC(F)C3F)[C@H]([C-]=O)[C@@H]1C.[V].[V].[V]. The van der Waals surface area contributed by atoms with E-state index in [9.17, 15) is 43.2 Å². The van der Waals surface area contributed by atoms with Crippen LogP contribution in [0.25, 0.3) is 33.1 Å². The number of alkyl carbamates (subject to hydrolysis) is 3. The van der Waals surface area contributed by atoms with Crippen molar-refractivity contribution in [2.24, 2.45) is 51.8 Å². The van der Waals surface area contributed by atoms with E-state index >= 15 is 26.3 Å². The van der Waals surface area contributed by atoms with Gasteiger partial charge in [0.25, 0.3) is 0 Å². The van der Waals surface area contributed by atoms with Crippen molar-refractivity contribution in [1.82, 2.24) is 60.6 Å². The van der Waals surface area contributed by atoms with Crippen molar-refractivity contribution in [3.63, 3.8) is 0 Å². The first-order valence-electron chi connectivity index (χ1n) is 44.5. The first-order valence-corrected chi connectivity index (χ1v) is 44.5. The van der Waals surface area contributed by atoms with E-state index in [1.807, 2.05) is 39.6 Å². The summed E-state index contributed by atoms with van der Waals surface area (Å²) in [7, 11) is 4.49. The van der Waals surface area contributed by atoms with Gasteiger partial charge in [-0.1, -0.05) is 120 Å². The Bertz CT molecular complexity index is 5140. The van der Waals surface area contributed by atoms with Crippen LogP contribution in [-0.4, -0.2) is 231 Å². The van der Waals surface area contributed by atoms with E-state index in [0.29, 0.717) is 108 Å². The zero-order chi connectivity index (χ0) is 93.4. The van der Waals surface area contributed by atoms with Gasteiger partial charge in [-0.2, -0.15) is 0 Å². The van der Waals surface area contributed by atoms with Gasteiger partial charge in [0.05, 0.1) is 74.1 Å². The molecule has 9 aliphatic rings. The molecule has 3 aromatic carbocycles. The molecule has 6 fully saturated rings. The Kier molecular flexibility index (Phi) is 34.5. The number of fused-ring (bicyclic) bond motifs is 15. The smallest absolute Gasteiger partial charge is 0.408 e. The van der Waals surface area contributed by atoms with Gasteiger partial charge in [0.2, 0.25) is 35.4 Å². The second-order valence-electron chi connectivity index (χ2n) is 39.1. The fourth-order valence-electron chi connectivity index (χ4n) is 18.4. The van der Waals surface area contributed by atoms with E-state index < -0.39 is 167 Å². The molecule has 3 saturated heterocycles. The molecule has 3 N–H and O–H groups in total. The van der Waals surface area contributed by atoms with E-state index in [1.165, 1.54) is 36.0 Å². The quantitative estimate of drug-likeness (QED) is 0.0792. The van der Waals surface area contributed by atoms with Crippen LogP contribution in [0, 0.1) is 51.8 Å². The van der Waals surface area contributed by atoms with Crippen molar-refractivity contribution in [2.75, 3.05) is 41.0 Å². The van der Waals surface area contributed by atoms with Gasteiger partial charge < -0.3 is 87.7 Å². The Morgan fingerprint density at radius 2 is 0.712 bits per heavy atom. The number of alkyl halides is 6. The van der Waals surface area contributed by atoms with Gasteiger partial charge in [-0.3, -0.25) is 14.4 Å². The number of carbonyl (C=O) groups is 6. The maximum Gasteiger partial charge on any atom is 0.408 e. The molecule has 30 nitrogen and oxygen atoms in total. The molecule has 6 aromatic rings. The average molecular weight is 1960 g/mol. The van der Waals surface area contributed by atoms with Gasteiger partial charge in [0.15, 0.2) is 18.5 Å². The topological polar surface area (TPSA) is 360 Å². The molecule has 0 spiro atoms. The molecule has 15 rings (SSSR count). The van der Waals surface area contributed by atoms with E-state index in [2.05, 4.69) is 45.9 Å². The number of ether oxygens (including phenoxy) is 9. The zero-order valence-corrected chi connectivity index (χ0v) is 81.2. The van der Waals surface area contributed by atoms with Crippen LogP contribution in [0.2, 0.25) is 0 Å². The van der Waals surface area contributed by atoms with E-state index in [-0.39, 0.29) is 159 Å². The summed E-state index contributed by atoms with van der Waals surface area (Å²) >= 11 is 0. The number of benzene rings is 3. The third-order valence-corrected chi connectivity index (χ3v) is 26.6. The molecule has 717 valence electrons. The Morgan fingerprint density at radius 1 is 0.402 bits per heavy atom. The van der Waals surface area contributed by atoms with Gasteiger partial charge in [-0.25, -0.2) is 89.5 Å². The number of carbonyl (C=O) groups excluding carboxylic acids is 9. The van der Waals surface area contributed by atoms with Crippen LogP contribution in [0.1, 0.15) is 215 Å². The molecule has 3 radical (unpaired) electrons. The fourth-order valence-corrected chi connectivity index (χ4v) is 18.4. The number of rotatable bonds is 6. The van der Waals surface area contributed by atoms with Crippen molar-refractivity contribution >= 4 is 88.0 Å². The third-order valence-electron chi connectivity index (χ3n) is 26.6. The minimum absolute atomic E-state index is 0. The first-order chi connectivity index (χ1) is 61.1. The number of nitrogens with zero attached hydrogens (tertiary/aromatic N) is 9. The number of nitrogens with one attached hydrogen (secondary N) is 3. The van der Waals surface area contributed by atoms with E-state index in [4.69, 9.17) is 42.6 Å². The summed E-state index contributed by atoms with van der Waals surface area (Å²) in [4.78, 5) is 148. The molecule has 6 bridgehead atoms. The number of hydrogen-bond donors (Lipinski definition) is 3. The number of aromatic nitrogens is 6. The molecule has 39 heteroatoms. The molecule has 3 aliphatic carbocycles. The van der Waals surface area contributed by atoms with Crippen LogP contribution < -0.4 is 44.4 Å². The van der Waals surface area contributed by atoms with Gasteiger partial charge in [0.1, 0.15) is 107 Å². The predicted molar refractivity (Wildman–Crippen MR) is 458 cm³/mol. The Hall–Kier alpha value is -8.96. The van der Waals surface area contributed by atoms with Crippen LogP contribution in [0.15, 0.2) is 54.6 Å². The van der Waals surface area contributed by atoms with Crippen LogP contribution in [-0.2, 0) is 98.6 Å². The standard InChI is InChI=1S/C32H41F2N4O6.C31H39F2N4O6.C30H37F2N4O6.3V/c1-17-23(16-39)38-15-25(17)43-29-27(35-21-13-12-19(42-5)14-22(21)36-29)26(34)20(33)10-6-8-18-9-7-11-24(18)44-31(41)37-28(30(38)40)32(2,3)4;1-16-22(15-38)37-14-23(16)42-27-25(34-20-11-10-18(41-6)12-21(20)35-27)24(33)19(32)9-7-8-17-13-31(17,5)43-29(40)36-26(28(37)39)30(2,3)4;1-15-21(14-37)36-13-23(15)41-27-25(33-19-10-9-17(40-5)12-20(19)34-27)24(32)18(31)8-6-7-16-11-22(16)42-29(39)35-26(28(36)38)30(2,3)4;;;/h12-14,17-18,20,23-26,28H,6-11,15H2,1-5H3,(H,37,41);10-12,16-17,19,22-24,26H,7-9,13-14H2,1-6H3,(H,36,40);9-10,12,15-16,18,21-24,26H,6-8,11,13H2,1-5H3,(H,35,39);;;/q3*-1;;;/t17-,18+,20?,23+,24+,25-,26?,28+;16-,17+,19?,22+,23-,24?,26+,31+;15-,16+,18?,21+,22+,23-,24?,26+;;;/m000.../s1. The van der Waals surface area contributed by atoms with Crippen molar-refractivity contribution < 1.29 is 168 Å². The largest absolute Gasteiger partial charge is 0.540 e. The van der Waals surface area contributed by atoms with E-state index in [1.54, 1.807) is 124 Å². The molecule has 132 heavy (non-hydrogen) atoms. The van der Waals surface area contributed by atoms with Crippen molar-refractivity contribution in [1.29, 1.82) is 0 Å². The summed E-state index contributed by atoms with van der Waals surface area (Å²) in [6, 6.07) is 8.55. The number of halogens is 6.